The highest BCUT2D eigenvalue weighted by atomic mass is 32.1. The smallest absolute Gasteiger partial charge is 0.337 e. The number of aromatic nitrogens is 2. The molecule has 1 aromatic rings. The average molecular weight is 231 g/mol. The summed E-state index contributed by atoms with van der Waals surface area (Å²) in [6.07, 6.45) is 0. The monoisotopic (exact) mass is 231 g/mol. The van der Waals surface area contributed by atoms with Crippen molar-refractivity contribution in [1.82, 2.24) is 14.9 Å². The number of rotatable bonds is 4. The fourth-order valence-electron chi connectivity index (χ4n) is 0.682. The van der Waals surface area contributed by atoms with Crippen LogP contribution in [0.5, 0.6) is 0 Å². The lowest BCUT2D eigenvalue weighted by Crippen LogP contribution is -2.46. The number of carboxylic acid groups (broad SMARTS) is 1. The van der Waals surface area contributed by atoms with Crippen LogP contribution in [0.4, 0.5) is 0 Å². The summed E-state index contributed by atoms with van der Waals surface area (Å²) in [6, 6.07) is 0. The minimum Gasteiger partial charge on any atom is -0.479 e. The standard InChI is InChI=1S/C7H9N3O4S/c1-7(14,6(12)13)3-8-5(11)4-2-15-10-9-4/h2,14H,3H2,1H3,(H,8,11)(H,12,13). The minimum atomic E-state index is -1.99. The van der Waals surface area contributed by atoms with Crippen molar-refractivity contribution < 1.29 is 19.8 Å². The Labute approximate surface area is 88.9 Å². The highest BCUT2D eigenvalue weighted by molar-refractivity contribution is 7.03. The van der Waals surface area contributed by atoms with E-state index in [0.29, 0.717) is 0 Å². The van der Waals surface area contributed by atoms with Gasteiger partial charge in [0.05, 0.1) is 6.54 Å². The summed E-state index contributed by atoms with van der Waals surface area (Å²) in [6.45, 7) is 0.702. The van der Waals surface area contributed by atoms with Gasteiger partial charge in [0.2, 0.25) is 0 Å². The molecule has 0 aromatic carbocycles. The quantitative estimate of drug-likeness (QED) is 0.619. The maximum atomic E-state index is 11.3. The topological polar surface area (TPSA) is 112 Å². The van der Waals surface area contributed by atoms with E-state index in [0.717, 1.165) is 18.5 Å². The van der Waals surface area contributed by atoms with Gasteiger partial charge >= 0.3 is 5.97 Å². The molecule has 0 radical (unpaired) electrons. The Kier molecular flexibility index (Phi) is 3.32. The van der Waals surface area contributed by atoms with Gasteiger partial charge in [-0.3, -0.25) is 4.79 Å². The number of aliphatic carboxylic acids is 1. The third kappa shape index (κ3) is 2.96. The van der Waals surface area contributed by atoms with E-state index < -0.39 is 24.0 Å². The van der Waals surface area contributed by atoms with Gasteiger partial charge < -0.3 is 15.5 Å². The number of nitrogens with zero attached hydrogens (tertiary/aromatic N) is 2. The lowest BCUT2D eigenvalue weighted by atomic mass is 10.1. The van der Waals surface area contributed by atoms with Crippen LogP contribution in [0.1, 0.15) is 17.4 Å². The molecular weight excluding hydrogens is 222 g/mol. The van der Waals surface area contributed by atoms with Crippen LogP contribution >= 0.6 is 11.5 Å². The van der Waals surface area contributed by atoms with E-state index in [1.165, 1.54) is 5.38 Å². The number of aliphatic hydroxyl groups is 1. The van der Waals surface area contributed by atoms with Crippen molar-refractivity contribution in [3.8, 4) is 0 Å². The second-order valence-electron chi connectivity index (χ2n) is 3.05. The summed E-state index contributed by atoms with van der Waals surface area (Å²) in [4.78, 5) is 21.8. The van der Waals surface area contributed by atoms with Gasteiger partial charge in [-0.1, -0.05) is 4.49 Å². The van der Waals surface area contributed by atoms with Crippen molar-refractivity contribution in [2.75, 3.05) is 6.54 Å². The van der Waals surface area contributed by atoms with Crippen molar-refractivity contribution in [2.24, 2.45) is 0 Å². The van der Waals surface area contributed by atoms with Gasteiger partial charge in [0.15, 0.2) is 11.3 Å². The highest BCUT2D eigenvalue weighted by Crippen LogP contribution is 2.02. The number of nitrogens with one attached hydrogen (secondary N) is 1. The zero-order valence-corrected chi connectivity index (χ0v) is 8.61. The van der Waals surface area contributed by atoms with E-state index in [9.17, 15) is 14.7 Å². The maximum absolute atomic E-state index is 11.3. The third-order valence-electron chi connectivity index (χ3n) is 1.65. The van der Waals surface area contributed by atoms with Crippen LogP contribution in [-0.2, 0) is 4.79 Å². The molecule has 3 N–H and O–H groups in total. The zero-order chi connectivity index (χ0) is 11.5. The predicted molar refractivity (Wildman–Crippen MR) is 50.5 cm³/mol. The van der Waals surface area contributed by atoms with E-state index >= 15 is 0 Å². The second-order valence-corrected chi connectivity index (χ2v) is 3.66. The van der Waals surface area contributed by atoms with Crippen LogP contribution in [0.25, 0.3) is 0 Å². The Morgan fingerprint density at radius 1 is 1.67 bits per heavy atom. The molecule has 8 heteroatoms. The number of hydrogen-bond acceptors (Lipinski definition) is 6. The Morgan fingerprint density at radius 3 is 2.80 bits per heavy atom. The molecule has 0 bridgehead atoms. The van der Waals surface area contributed by atoms with Crippen LogP contribution < -0.4 is 5.32 Å². The molecule has 0 aliphatic carbocycles. The number of carbonyl (C=O) groups is 2. The molecule has 0 aliphatic heterocycles. The first-order chi connectivity index (χ1) is 6.93. The zero-order valence-electron chi connectivity index (χ0n) is 7.80. The van der Waals surface area contributed by atoms with Crippen LogP contribution in [0, 0.1) is 0 Å². The molecule has 1 amide bonds. The fourth-order valence-corrected chi connectivity index (χ4v) is 1.12. The normalized spacial score (nSPS) is 14.3. The van der Waals surface area contributed by atoms with Crippen LogP contribution in [-0.4, -0.2) is 43.8 Å². The summed E-state index contributed by atoms with van der Waals surface area (Å²) in [7, 11) is 0. The molecule has 0 fully saturated rings. The molecule has 0 spiro atoms. The summed E-state index contributed by atoms with van der Waals surface area (Å²) in [5.74, 6) is -1.97. The summed E-state index contributed by atoms with van der Waals surface area (Å²) < 4.78 is 3.47. The molecule has 0 aliphatic rings. The van der Waals surface area contributed by atoms with Gasteiger partial charge in [0.25, 0.3) is 5.91 Å². The summed E-state index contributed by atoms with van der Waals surface area (Å²) in [5, 5.41) is 25.0. The van der Waals surface area contributed by atoms with Gasteiger partial charge in [-0.25, -0.2) is 4.79 Å². The SMILES string of the molecule is CC(O)(CNC(=O)c1csnn1)C(=O)O. The van der Waals surface area contributed by atoms with Gasteiger partial charge in [0, 0.05) is 5.38 Å². The highest BCUT2D eigenvalue weighted by Gasteiger charge is 2.30. The lowest BCUT2D eigenvalue weighted by Gasteiger charge is -2.17. The van der Waals surface area contributed by atoms with Crippen LogP contribution in [0.15, 0.2) is 5.38 Å². The van der Waals surface area contributed by atoms with E-state index in [1.54, 1.807) is 0 Å². The average Bonchev–Trinajstić information content (AvgIpc) is 2.66. The van der Waals surface area contributed by atoms with Crippen molar-refractivity contribution in [3.05, 3.63) is 11.1 Å². The molecule has 15 heavy (non-hydrogen) atoms. The number of carbonyl (C=O) groups excluding carboxylic acids is 1. The number of hydrogen-bond donors (Lipinski definition) is 3. The van der Waals surface area contributed by atoms with E-state index in [1.807, 2.05) is 0 Å². The molecule has 1 aromatic heterocycles. The van der Waals surface area contributed by atoms with Gasteiger partial charge in [-0.15, -0.1) is 5.10 Å². The molecule has 1 atom stereocenters. The first kappa shape index (κ1) is 11.5. The molecule has 7 nitrogen and oxygen atoms in total. The van der Waals surface area contributed by atoms with Crippen molar-refractivity contribution in [2.45, 2.75) is 12.5 Å². The molecule has 0 saturated carbocycles. The summed E-state index contributed by atoms with van der Waals surface area (Å²) in [5.41, 5.74) is -1.89. The molecule has 0 saturated heterocycles. The van der Waals surface area contributed by atoms with Gasteiger partial charge in [-0.05, 0) is 18.5 Å². The second kappa shape index (κ2) is 4.32. The molecule has 1 unspecified atom stereocenters. The Balaban J connectivity index is 2.51. The fraction of sp³-hybridized carbons (Fsp3) is 0.429. The number of carboxylic acids is 1. The predicted octanol–water partition coefficient (Wildman–Crippen LogP) is -0.897. The molecule has 82 valence electrons. The maximum Gasteiger partial charge on any atom is 0.337 e. The van der Waals surface area contributed by atoms with Gasteiger partial charge in [-0.2, -0.15) is 0 Å². The lowest BCUT2D eigenvalue weighted by molar-refractivity contribution is -0.155. The van der Waals surface area contributed by atoms with E-state index in [4.69, 9.17) is 5.11 Å². The van der Waals surface area contributed by atoms with Crippen molar-refractivity contribution in [1.29, 1.82) is 0 Å². The first-order valence-corrected chi connectivity index (χ1v) is 4.78. The number of amides is 1. The molecule has 1 rings (SSSR count). The minimum absolute atomic E-state index is 0.0983. The van der Waals surface area contributed by atoms with Crippen LogP contribution in [0.2, 0.25) is 0 Å². The molecular formula is C7H9N3O4S. The summed E-state index contributed by atoms with van der Waals surface area (Å²) >= 11 is 1.01. The van der Waals surface area contributed by atoms with E-state index in [2.05, 4.69) is 14.9 Å². The third-order valence-corrected chi connectivity index (χ3v) is 2.15. The van der Waals surface area contributed by atoms with E-state index in [-0.39, 0.29) is 5.69 Å². The Hall–Kier alpha value is -1.54. The Bertz CT molecular complexity index is 362. The molecule has 1 heterocycles. The van der Waals surface area contributed by atoms with Crippen molar-refractivity contribution in [3.63, 3.8) is 0 Å². The van der Waals surface area contributed by atoms with Crippen molar-refractivity contribution >= 4 is 23.4 Å². The first-order valence-electron chi connectivity index (χ1n) is 3.94. The largest absolute Gasteiger partial charge is 0.479 e. The van der Waals surface area contributed by atoms with Crippen LogP contribution in [0.3, 0.4) is 0 Å². The Morgan fingerprint density at radius 2 is 2.33 bits per heavy atom. The van der Waals surface area contributed by atoms with Gasteiger partial charge in [0.1, 0.15) is 0 Å².